The van der Waals surface area contributed by atoms with E-state index in [2.05, 4.69) is 10.3 Å². The van der Waals surface area contributed by atoms with Crippen LogP contribution in [0.25, 0.3) is 10.6 Å². The first-order valence-electron chi connectivity index (χ1n) is 5.17. The highest BCUT2D eigenvalue weighted by atomic mass is 32.1. The molecule has 3 nitrogen and oxygen atoms in total. The maximum atomic E-state index is 13.3. The lowest BCUT2D eigenvalue weighted by atomic mass is 10.2. The third-order valence-corrected chi connectivity index (χ3v) is 3.25. The van der Waals surface area contributed by atoms with Crippen LogP contribution in [0.5, 0.6) is 5.75 Å². The molecule has 2 rings (SSSR count). The van der Waals surface area contributed by atoms with Crippen molar-refractivity contribution < 1.29 is 9.13 Å². The van der Waals surface area contributed by atoms with Gasteiger partial charge >= 0.3 is 0 Å². The standard InChI is InChI=1S/C12H13FN2OS/c1-14-6-9-7-17-12(15-9)8-3-4-10(13)11(5-8)16-2/h3-5,7,14H,6H2,1-2H3. The smallest absolute Gasteiger partial charge is 0.165 e. The number of ether oxygens (including phenoxy) is 1. The van der Waals surface area contributed by atoms with E-state index in [1.165, 1.54) is 24.5 Å². The second kappa shape index (κ2) is 5.25. The number of thiazole rings is 1. The topological polar surface area (TPSA) is 34.1 Å². The van der Waals surface area contributed by atoms with E-state index in [0.717, 1.165) is 22.8 Å². The molecule has 0 aliphatic heterocycles. The van der Waals surface area contributed by atoms with E-state index in [4.69, 9.17) is 4.74 Å². The predicted molar refractivity (Wildman–Crippen MR) is 66.8 cm³/mol. The number of hydrogen-bond acceptors (Lipinski definition) is 4. The molecule has 0 spiro atoms. The van der Waals surface area contributed by atoms with Gasteiger partial charge in [-0.15, -0.1) is 11.3 Å². The van der Waals surface area contributed by atoms with Gasteiger partial charge in [-0.25, -0.2) is 9.37 Å². The van der Waals surface area contributed by atoms with Gasteiger partial charge in [0.15, 0.2) is 11.6 Å². The molecule has 90 valence electrons. The molecule has 1 N–H and O–H groups in total. The van der Waals surface area contributed by atoms with Gasteiger partial charge in [-0.3, -0.25) is 0 Å². The zero-order valence-electron chi connectivity index (χ0n) is 9.66. The Kier molecular flexibility index (Phi) is 3.71. The zero-order valence-corrected chi connectivity index (χ0v) is 10.5. The molecule has 0 radical (unpaired) electrons. The van der Waals surface area contributed by atoms with Crippen LogP contribution in [0.1, 0.15) is 5.69 Å². The van der Waals surface area contributed by atoms with Crippen molar-refractivity contribution in [2.75, 3.05) is 14.2 Å². The number of aromatic nitrogens is 1. The van der Waals surface area contributed by atoms with Crippen molar-refractivity contribution in [3.8, 4) is 16.3 Å². The minimum atomic E-state index is -0.358. The summed E-state index contributed by atoms with van der Waals surface area (Å²) in [5.41, 5.74) is 1.85. The summed E-state index contributed by atoms with van der Waals surface area (Å²) in [6, 6.07) is 4.77. The monoisotopic (exact) mass is 252 g/mol. The number of nitrogens with zero attached hydrogens (tertiary/aromatic N) is 1. The summed E-state index contributed by atoms with van der Waals surface area (Å²) in [5, 5.41) is 5.90. The number of benzene rings is 1. The summed E-state index contributed by atoms with van der Waals surface area (Å²) in [6.45, 7) is 0.731. The Labute approximate surface area is 103 Å². The molecule has 0 saturated carbocycles. The predicted octanol–water partition coefficient (Wildman–Crippen LogP) is 2.68. The van der Waals surface area contributed by atoms with Crippen LogP contribution in [0.15, 0.2) is 23.6 Å². The van der Waals surface area contributed by atoms with Crippen molar-refractivity contribution in [1.29, 1.82) is 0 Å². The lowest BCUT2D eigenvalue weighted by Crippen LogP contribution is -2.04. The Morgan fingerprint density at radius 1 is 1.47 bits per heavy atom. The Balaban J connectivity index is 2.32. The van der Waals surface area contributed by atoms with Crippen molar-refractivity contribution in [2.24, 2.45) is 0 Å². The molecule has 1 aromatic heterocycles. The van der Waals surface area contributed by atoms with Crippen LogP contribution in [0.4, 0.5) is 4.39 Å². The quantitative estimate of drug-likeness (QED) is 0.908. The first-order valence-corrected chi connectivity index (χ1v) is 6.05. The lowest BCUT2D eigenvalue weighted by Gasteiger charge is -2.03. The molecule has 2 aromatic rings. The number of hydrogen-bond donors (Lipinski definition) is 1. The molecular weight excluding hydrogens is 239 g/mol. The average molecular weight is 252 g/mol. The maximum Gasteiger partial charge on any atom is 0.165 e. The lowest BCUT2D eigenvalue weighted by molar-refractivity contribution is 0.387. The van der Waals surface area contributed by atoms with Gasteiger partial charge in [0.2, 0.25) is 0 Å². The fraction of sp³-hybridized carbons (Fsp3) is 0.250. The summed E-state index contributed by atoms with van der Waals surface area (Å²) >= 11 is 1.54. The molecular formula is C12H13FN2OS. The van der Waals surface area contributed by atoms with Crippen LogP contribution >= 0.6 is 11.3 Å². The summed E-state index contributed by atoms with van der Waals surface area (Å²) in [6.07, 6.45) is 0. The molecule has 0 unspecified atom stereocenters. The van der Waals surface area contributed by atoms with Gasteiger partial charge in [0.25, 0.3) is 0 Å². The summed E-state index contributed by atoms with van der Waals surface area (Å²) < 4.78 is 18.2. The highest BCUT2D eigenvalue weighted by molar-refractivity contribution is 7.13. The third kappa shape index (κ3) is 2.62. The van der Waals surface area contributed by atoms with Gasteiger partial charge in [-0.1, -0.05) is 0 Å². The largest absolute Gasteiger partial charge is 0.494 e. The summed E-state index contributed by atoms with van der Waals surface area (Å²) in [5.74, 6) is -0.115. The normalized spacial score (nSPS) is 10.5. The van der Waals surface area contributed by atoms with E-state index in [0.29, 0.717) is 0 Å². The van der Waals surface area contributed by atoms with Gasteiger partial charge in [0, 0.05) is 17.5 Å². The Hall–Kier alpha value is -1.46. The molecule has 0 aliphatic rings. The molecule has 0 fully saturated rings. The first kappa shape index (κ1) is 12.0. The minimum Gasteiger partial charge on any atom is -0.494 e. The van der Waals surface area contributed by atoms with E-state index in [-0.39, 0.29) is 11.6 Å². The van der Waals surface area contributed by atoms with Crippen LogP contribution in [0.2, 0.25) is 0 Å². The fourth-order valence-electron chi connectivity index (χ4n) is 1.49. The van der Waals surface area contributed by atoms with E-state index in [9.17, 15) is 4.39 Å². The molecule has 1 aromatic carbocycles. The van der Waals surface area contributed by atoms with E-state index >= 15 is 0 Å². The molecule has 17 heavy (non-hydrogen) atoms. The number of methoxy groups -OCH3 is 1. The Morgan fingerprint density at radius 3 is 3.00 bits per heavy atom. The van der Waals surface area contributed by atoms with Crippen molar-refractivity contribution in [3.63, 3.8) is 0 Å². The van der Waals surface area contributed by atoms with Crippen LogP contribution in [-0.2, 0) is 6.54 Å². The van der Waals surface area contributed by atoms with E-state index < -0.39 is 0 Å². The van der Waals surface area contributed by atoms with Crippen LogP contribution in [0.3, 0.4) is 0 Å². The van der Waals surface area contributed by atoms with Gasteiger partial charge < -0.3 is 10.1 Å². The van der Waals surface area contributed by atoms with Crippen molar-refractivity contribution in [1.82, 2.24) is 10.3 Å². The van der Waals surface area contributed by atoms with Crippen LogP contribution < -0.4 is 10.1 Å². The molecule has 0 saturated heterocycles. The SMILES string of the molecule is CNCc1csc(-c2ccc(F)c(OC)c2)n1. The zero-order chi connectivity index (χ0) is 12.3. The molecule has 1 heterocycles. The van der Waals surface area contributed by atoms with Gasteiger partial charge in [-0.05, 0) is 25.2 Å². The highest BCUT2D eigenvalue weighted by Gasteiger charge is 2.08. The average Bonchev–Trinajstić information content (AvgIpc) is 2.79. The second-order valence-electron chi connectivity index (χ2n) is 3.52. The van der Waals surface area contributed by atoms with E-state index in [1.807, 2.05) is 12.4 Å². The third-order valence-electron chi connectivity index (χ3n) is 2.31. The first-order chi connectivity index (χ1) is 8.24. The van der Waals surface area contributed by atoms with Crippen LogP contribution in [0, 0.1) is 5.82 Å². The van der Waals surface area contributed by atoms with Crippen LogP contribution in [-0.4, -0.2) is 19.1 Å². The second-order valence-corrected chi connectivity index (χ2v) is 4.38. The summed E-state index contributed by atoms with van der Waals surface area (Å²) in [7, 11) is 3.33. The van der Waals surface area contributed by atoms with Crippen molar-refractivity contribution >= 4 is 11.3 Å². The molecule has 0 amide bonds. The van der Waals surface area contributed by atoms with Crippen molar-refractivity contribution in [2.45, 2.75) is 6.54 Å². The fourth-order valence-corrected chi connectivity index (χ4v) is 2.31. The van der Waals surface area contributed by atoms with Gasteiger partial charge in [-0.2, -0.15) is 0 Å². The molecule has 5 heteroatoms. The Bertz CT molecular complexity index is 513. The molecule has 0 aliphatic carbocycles. The van der Waals surface area contributed by atoms with Gasteiger partial charge in [0.05, 0.1) is 12.8 Å². The minimum absolute atomic E-state index is 0.243. The maximum absolute atomic E-state index is 13.3. The molecule has 0 atom stereocenters. The highest BCUT2D eigenvalue weighted by Crippen LogP contribution is 2.28. The number of halogens is 1. The van der Waals surface area contributed by atoms with Gasteiger partial charge in [0.1, 0.15) is 5.01 Å². The number of rotatable bonds is 4. The van der Waals surface area contributed by atoms with E-state index in [1.54, 1.807) is 12.1 Å². The molecule has 0 bridgehead atoms. The summed E-state index contributed by atoms with van der Waals surface area (Å²) in [4.78, 5) is 4.45. The Morgan fingerprint density at radius 2 is 2.29 bits per heavy atom. The number of nitrogens with one attached hydrogen (secondary N) is 1. The van der Waals surface area contributed by atoms with Crippen molar-refractivity contribution in [3.05, 3.63) is 35.1 Å².